The van der Waals surface area contributed by atoms with Gasteiger partial charge in [-0.3, -0.25) is 0 Å². The van der Waals surface area contributed by atoms with E-state index in [9.17, 15) is 0 Å². The summed E-state index contributed by atoms with van der Waals surface area (Å²) in [5.74, 6) is 1.73. The van der Waals surface area contributed by atoms with Crippen molar-refractivity contribution < 1.29 is 4.74 Å². The molecule has 1 heterocycles. The van der Waals surface area contributed by atoms with Crippen molar-refractivity contribution in [2.75, 3.05) is 13.2 Å². The van der Waals surface area contributed by atoms with Crippen molar-refractivity contribution >= 4 is 0 Å². The van der Waals surface area contributed by atoms with Crippen molar-refractivity contribution in [2.24, 2.45) is 11.8 Å². The molecule has 0 amide bonds. The van der Waals surface area contributed by atoms with Gasteiger partial charge in [0.1, 0.15) is 0 Å². The van der Waals surface area contributed by atoms with E-state index in [-0.39, 0.29) is 0 Å². The lowest BCUT2D eigenvalue weighted by atomic mass is 9.88. The average molecular weight is 209 g/mol. The van der Waals surface area contributed by atoms with Crippen LogP contribution in [0.15, 0.2) is 11.8 Å². The molecule has 1 aliphatic heterocycles. The van der Waals surface area contributed by atoms with Gasteiger partial charge in [-0.15, -0.1) is 0 Å². The second kappa shape index (κ2) is 5.02. The minimum atomic E-state index is 0.558. The minimum Gasteiger partial charge on any atom is -0.501 e. The Morgan fingerprint density at radius 2 is 2.33 bits per heavy atom. The summed E-state index contributed by atoms with van der Waals surface area (Å²) >= 11 is 0. The van der Waals surface area contributed by atoms with Gasteiger partial charge in [0, 0.05) is 6.04 Å². The van der Waals surface area contributed by atoms with E-state index in [0.29, 0.717) is 6.04 Å². The van der Waals surface area contributed by atoms with Gasteiger partial charge >= 0.3 is 0 Å². The zero-order valence-corrected chi connectivity index (χ0v) is 9.96. The molecule has 0 saturated heterocycles. The molecule has 0 aromatic heterocycles. The predicted molar refractivity (Wildman–Crippen MR) is 62.6 cm³/mol. The number of ether oxygens (including phenoxy) is 1. The zero-order chi connectivity index (χ0) is 10.7. The second-order valence-electron chi connectivity index (χ2n) is 4.90. The highest BCUT2D eigenvalue weighted by molar-refractivity contribution is 5.13. The number of nitrogens with one attached hydrogen (secondary N) is 1. The third-order valence-corrected chi connectivity index (χ3v) is 3.68. The fraction of sp³-hybridized carbons (Fsp3) is 0.846. The summed E-state index contributed by atoms with van der Waals surface area (Å²) in [5, 5.41) is 3.63. The fourth-order valence-corrected chi connectivity index (χ4v) is 2.58. The quantitative estimate of drug-likeness (QED) is 0.751. The van der Waals surface area contributed by atoms with Crippen LogP contribution in [0, 0.1) is 11.8 Å². The Hall–Kier alpha value is -0.500. The Kier molecular flexibility index (Phi) is 3.68. The summed E-state index contributed by atoms with van der Waals surface area (Å²) in [4.78, 5) is 0. The molecule has 15 heavy (non-hydrogen) atoms. The van der Waals surface area contributed by atoms with Crippen LogP contribution in [0.5, 0.6) is 0 Å². The van der Waals surface area contributed by atoms with Crippen LogP contribution < -0.4 is 5.32 Å². The number of hydrogen-bond donors (Lipinski definition) is 1. The first-order chi connectivity index (χ1) is 7.33. The molecule has 2 heteroatoms. The minimum absolute atomic E-state index is 0.558. The normalized spacial score (nSPS) is 25.3. The van der Waals surface area contributed by atoms with Gasteiger partial charge in [-0.05, 0) is 49.6 Å². The number of hydrogen-bond acceptors (Lipinski definition) is 2. The molecule has 1 N–H and O–H groups in total. The number of rotatable bonds is 5. The standard InChI is InChI=1S/C13H23NO/c1-3-14-13(10(2)11-6-7-11)12-5-4-8-15-9-12/h9-11,13-14H,3-8H2,1-2H3. The van der Waals surface area contributed by atoms with Crippen molar-refractivity contribution in [3.8, 4) is 0 Å². The van der Waals surface area contributed by atoms with E-state index in [1.165, 1.54) is 31.3 Å². The molecular formula is C13H23NO. The molecule has 0 radical (unpaired) electrons. The topological polar surface area (TPSA) is 21.3 Å². The Labute approximate surface area is 93.1 Å². The highest BCUT2D eigenvalue weighted by Gasteiger charge is 2.34. The predicted octanol–water partition coefficient (Wildman–Crippen LogP) is 2.70. The lowest BCUT2D eigenvalue weighted by Gasteiger charge is -2.29. The van der Waals surface area contributed by atoms with Gasteiger partial charge in [-0.1, -0.05) is 13.8 Å². The molecule has 0 aromatic carbocycles. The summed E-state index contributed by atoms with van der Waals surface area (Å²) in [5.41, 5.74) is 1.49. The molecule has 2 rings (SSSR count). The first-order valence-corrected chi connectivity index (χ1v) is 6.37. The molecule has 0 spiro atoms. The average Bonchev–Trinajstić information content (AvgIpc) is 3.10. The van der Waals surface area contributed by atoms with Crippen molar-refractivity contribution in [3.05, 3.63) is 11.8 Å². The Morgan fingerprint density at radius 1 is 1.53 bits per heavy atom. The maximum atomic E-state index is 5.46. The van der Waals surface area contributed by atoms with Crippen LogP contribution in [0.2, 0.25) is 0 Å². The summed E-state index contributed by atoms with van der Waals surface area (Å²) in [6.07, 6.45) is 7.27. The molecular weight excluding hydrogens is 186 g/mol. The van der Waals surface area contributed by atoms with Crippen LogP contribution in [-0.4, -0.2) is 19.2 Å². The summed E-state index contributed by atoms with van der Waals surface area (Å²) in [7, 11) is 0. The van der Waals surface area contributed by atoms with Crippen molar-refractivity contribution in [2.45, 2.75) is 45.6 Å². The van der Waals surface area contributed by atoms with Gasteiger partial charge in [0.15, 0.2) is 0 Å². The SMILES string of the molecule is CCNC(C1=COCCC1)C(C)C1CC1. The van der Waals surface area contributed by atoms with Gasteiger partial charge in [0.25, 0.3) is 0 Å². The lowest BCUT2D eigenvalue weighted by molar-refractivity contribution is 0.213. The van der Waals surface area contributed by atoms with E-state index in [1.807, 2.05) is 6.26 Å². The molecule has 0 bridgehead atoms. The zero-order valence-electron chi connectivity index (χ0n) is 9.96. The summed E-state index contributed by atoms with van der Waals surface area (Å²) in [6.45, 7) is 6.54. The highest BCUT2D eigenvalue weighted by Crippen LogP contribution is 2.40. The molecule has 2 atom stereocenters. The van der Waals surface area contributed by atoms with Crippen LogP contribution in [0.4, 0.5) is 0 Å². The largest absolute Gasteiger partial charge is 0.501 e. The Bertz CT molecular complexity index is 233. The van der Waals surface area contributed by atoms with Crippen LogP contribution in [0.3, 0.4) is 0 Å². The molecule has 0 aromatic rings. The highest BCUT2D eigenvalue weighted by atomic mass is 16.5. The van der Waals surface area contributed by atoms with Gasteiger partial charge in [-0.2, -0.15) is 0 Å². The van der Waals surface area contributed by atoms with E-state index >= 15 is 0 Å². The van der Waals surface area contributed by atoms with Crippen molar-refractivity contribution in [1.82, 2.24) is 5.32 Å². The number of likely N-dealkylation sites (N-methyl/N-ethyl adjacent to an activating group) is 1. The third kappa shape index (κ3) is 2.75. The second-order valence-corrected chi connectivity index (χ2v) is 4.90. The van der Waals surface area contributed by atoms with Gasteiger partial charge in [-0.25, -0.2) is 0 Å². The molecule has 2 nitrogen and oxygen atoms in total. The maximum absolute atomic E-state index is 5.46. The molecule has 2 unspecified atom stereocenters. The van der Waals surface area contributed by atoms with E-state index in [4.69, 9.17) is 4.74 Å². The molecule has 1 aliphatic carbocycles. The van der Waals surface area contributed by atoms with Gasteiger partial charge in [0.2, 0.25) is 0 Å². The fourth-order valence-electron chi connectivity index (χ4n) is 2.58. The Morgan fingerprint density at radius 3 is 2.87 bits per heavy atom. The Balaban J connectivity index is 1.99. The van der Waals surface area contributed by atoms with Gasteiger partial charge < -0.3 is 10.1 Å². The van der Waals surface area contributed by atoms with Crippen LogP contribution in [0.1, 0.15) is 39.5 Å². The van der Waals surface area contributed by atoms with Crippen molar-refractivity contribution in [3.63, 3.8) is 0 Å². The monoisotopic (exact) mass is 209 g/mol. The van der Waals surface area contributed by atoms with E-state index in [1.54, 1.807) is 0 Å². The smallest absolute Gasteiger partial charge is 0.0876 e. The summed E-state index contributed by atoms with van der Waals surface area (Å²) in [6, 6.07) is 0.558. The van der Waals surface area contributed by atoms with Crippen LogP contribution >= 0.6 is 0 Å². The first kappa shape index (κ1) is 11.0. The van der Waals surface area contributed by atoms with E-state index in [0.717, 1.165) is 25.0 Å². The molecule has 86 valence electrons. The molecule has 2 aliphatic rings. The maximum Gasteiger partial charge on any atom is 0.0876 e. The van der Waals surface area contributed by atoms with Crippen LogP contribution in [0.25, 0.3) is 0 Å². The molecule has 1 fully saturated rings. The summed E-state index contributed by atoms with van der Waals surface area (Å²) < 4.78 is 5.46. The first-order valence-electron chi connectivity index (χ1n) is 6.37. The van der Waals surface area contributed by atoms with E-state index in [2.05, 4.69) is 19.2 Å². The van der Waals surface area contributed by atoms with E-state index < -0.39 is 0 Å². The van der Waals surface area contributed by atoms with Crippen LogP contribution in [-0.2, 0) is 4.74 Å². The molecule has 1 saturated carbocycles. The lowest BCUT2D eigenvalue weighted by Crippen LogP contribution is -2.38. The van der Waals surface area contributed by atoms with Gasteiger partial charge in [0.05, 0.1) is 12.9 Å². The van der Waals surface area contributed by atoms with Crippen molar-refractivity contribution in [1.29, 1.82) is 0 Å². The third-order valence-electron chi connectivity index (χ3n) is 3.68.